The van der Waals surface area contributed by atoms with Gasteiger partial charge in [-0.3, -0.25) is 0 Å². The SMILES string of the molecule is Cc1c(NC2CC(C)CC(C)C2)cccc1C(=O)O. The summed E-state index contributed by atoms with van der Waals surface area (Å²) in [6.45, 7) is 6.47. The van der Waals surface area contributed by atoms with E-state index in [-0.39, 0.29) is 0 Å². The molecule has 2 atom stereocenters. The highest BCUT2D eigenvalue weighted by atomic mass is 16.4. The highest BCUT2D eigenvalue weighted by molar-refractivity contribution is 5.91. The van der Waals surface area contributed by atoms with Crippen LogP contribution >= 0.6 is 0 Å². The second kappa shape index (κ2) is 5.64. The van der Waals surface area contributed by atoms with Crippen LogP contribution in [0.5, 0.6) is 0 Å². The zero-order valence-corrected chi connectivity index (χ0v) is 11.9. The predicted octanol–water partition coefficient (Wildman–Crippen LogP) is 3.93. The number of carbonyl (C=O) groups is 1. The van der Waals surface area contributed by atoms with E-state index in [1.807, 2.05) is 19.1 Å². The van der Waals surface area contributed by atoms with Crippen LogP contribution in [0.3, 0.4) is 0 Å². The van der Waals surface area contributed by atoms with E-state index in [9.17, 15) is 4.79 Å². The first-order valence-corrected chi connectivity index (χ1v) is 7.06. The van der Waals surface area contributed by atoms with Crippen molar-refractivity contribution in [2.45, 2.75) is 46.1 Å². The minimum atomic E-state index is -0.855. The molecule has 2 unspecified atom stereocenters. The molecule has 1 saturated carbocycles. The highest BCUT2D eigenvalue weighted by Crippen LogP contribution is 2.31. The predicted molar refractivity (Wildman–Crippen MR) is 77.7 cm³/mol. The number of anilines is 1. The van der Waals surface area contributed by atoms with Gasteiger partial charge in [-0.05, 0) is 55.7 Å². The van der Waals surface area contributed by atoms with Gasteiger partial charge in [0.1, 0.15) is 0 Å². The Hall–Kier alpha value is -1.51. The van der Waals surface area contributed by atoms with Gasteiger partial charge in [-0.1, -0.05) is 19.9 Å². The summed E-state index contributed by atoms with van der Waals surface area (Å²) in [5.41, 5.74) is 2.19. The molecule has 0 bridgehead atoms. The maximum Gasteiger partial charge on any atom is 0.336 e. The standard InChI is InChI=1S/C16H23NO2/c1-10-7-11(2)9-13(8-10)17-15-6-4-5-14(12(15)3)16(18)19/h4-6,10-11,13,17H,7-9H2,1-3H3,(H,18,19). The third-order valence-corrected chi connectivity index (χ3v) is 4.10. The summed E-state index contributed by atoms with van der Waals surface area (Å²) < 4.78 is 0. The second-order valence-corrected chi connectivity index (χ2v) is 6.04. The Morgan fingerprint density at radius 3 is 2.42 bits per heavy atom. The van der Waals surface area contributed by atoms with Crippen LogP contribution in [0.2, 0.25) is 0 Å². The van der Waals surface area contributed by atoms with Gasteiger partial charge in [-0.2, -0.15) is 0 Å². The van der Waals surface area contributed by atoms with Crippen molar-refractivity contribution in [1.29, 1.82) is 0 Å². The highest BCUT2D eigenvalue weighted by Gasteiger charge is 2.24. The molecule has 0 heterocycles. The van der Waals surface area contributed by atoms with Gasteiger partial charge in [-0.15, -0.1) is 0 Å². The van der Waals surface area contributed by atoms with Crippen molar-refractivity contribution in [3.63, 3.8) is 0 Å². The number of benzene rings is 1. The lowest BCUT2D eigenvalue weighted by Crippen LogP contribution is -2.30. The van der Waals surface area contributed by atoms with Gasteiger partial charge >= 0.3 is 5.97 Å². The van der Waals surface area contributed by atoms with Crippen molar-refractivity contribution in [2.24, 2.45) is 11.8 Å². The van der Waals surface area contributed by atoms with Crippen LogP contribution < -0.4 is 5.32 Å². The summed E-state index contributed by atoms with van der Waals surface area (Å²) in [6.07, 6.45) is 3.63. The third-order valence-electron chi connectivity index (χ3n) is 4.10. The van der Waals surface area contributed by atoms with Crippen LogP contribution in [0.15, 0.2) is 18.2 Å². The smallest absolute Gasteiger partial charge is 0.336 e. The minimum Gasteiger partial charge on any atom is -0.478 e. The van der Waals surface area contributed by atoms with E-state index in [0.29, 0.717) is 11.6 Å². The summed E-state index contributed by atoms with van der Waals surface area (Å²) in [7, 11) is 0. The maximum absolute atomic E-state index is 11.1. The van der Waals surface area contributed by atoms with Crippen molar-refractivity contribution < 1.29 is 9.90 Å². The van der Waals surface area contributed by atoms with Crippen molar-refractivity contribution in [3.05, 3.63) is 29.3 Å². The molecule has 3 nitrogen and oxygen atoms in total. The average Bonchev–Trinajstić information content (AvgIpc) is 2.30. The lowest BCUT2D eigenvalue weighted by Gasteiger charge is -2.33. The molecule has 0 aliphatic heterocycles. The fraction of sp³-hybridized carbons (Fsp3) is 0.562. The van der Waals surface area contributed by atoms with E-state index < -0.39 is 5.97 Å². The Balaban J connectivity index is 2.15. The van der Waals surface area contributed by atoms with Crippen molar-refractivity contribution in [1.82, 2.24) is 0 Å². The Morgan fingerprint density at radius 2 is 1.84 bits per heavy atom. The molecular weight excluding hydrogens is 238 g/mol. The summed E-state index contributed by atoms with van der Waals surface area (Å²) in [4.78, 5) is 11.1. The van der Waals surface area contributed by atoms with E-state index in [0.717, 1.165) is 23.1 Å². The molecule has 2 rings (SSSR count). The Kier molecular flexibility index (Phi) is 4.13. The Labute approximate surface area is 115 Å². The van der Waals surface area contributed by atoms with E-state index in [4.69, 9.17) is 5.11 Å². The zero-order valence-electron chi connectivity index (χ0n) is 11.9. The van der Waals surface area contributed by atoms with Gasteiger partial charge in [0.05, 0.1) is 5.56 Å². The molecule has 0 amide bonds. The van der Waals surface area contributed by atoms with Crippen LogP contribution in [0, 0.1) is 18.8 Å². The second-order valence-electron chi connectivity index (χ2n) is 6.04. The number of carboxylic acids is 1. The fourth-order valence-electron chi connectivity index (χ4n) is 3.31. The number of rotatable bonds is 3. The van der Waals surface area contributed by atoms with Gasteiger partial charge in [0, 0.05) is 11.7 Å². The van der Waals surface area contributed by atoms with Gasteiger partial charge in [-0.25, -0.2) is 4.79 Å². The Bertz CT molecular complexity index is 460. The van der Waals surface area contributed by atoms with Crippen molar-refractivity contribution >= 4 is 11.7 Å². The first-order chi connectivity index (χ1) is 8.97. The number of hydrogen-bond acceptors (Lipinski definition) is 2. The van der Waals surface area contributed by atoms with Crippen LogP contribution in [-0.2, 0) is 0 Å². The molecule has 1 aliphatic rings. The van der Waals surface area contributed by atoms with Crippen LogP contribution in [0.1, 0.15) is 49.0 Å². The third kappa shape index (κ3) is 3.28. The van der Waals surface area contributed by atoms with E-state index in [2.05, 4.69) is 19.2 Å². The number of carboxylic acid groups (broad SMARTS) is 1. The lowest BCUT2D eigenvalue weighted by atomic mass is 9.80. The molecule has 0 aromatic heterocycles. The molecule has 0 saturated heterocycles. The van der Waals surface area contributed by atoms with Crippen LogP contribution in [-0.4, -0.2) is 17.1 Å². The minimum absolute atomic E-state index is 0.391. The first kappa shape index (κ1) is 13.9. The van der Waals surface area contributed by atoms with Gasteiger partial charge in [0.25, 0.3) is 0 Å². The average molecular weight is 261 g/mol. The summed E-state index contributed by atoms with van der Waals surface area (Å²) in [5, 5.41) is 12.7. The van der Waals surface area contributed by atoms with E-state index in [1.165, 1.54) is 19.3 Å². The monoisotopic (exact) mass is 261 g/mol. The number of aromatic carboxylic acids is 1. The summed E-state index contributed by atoms with van der Waals surface area (Å²) >= 11 is 0. The fourth-order valence-corrected chi connectivity index (χ4v) is 3.31. The van der Waals surface area contributed by atoms with E-state index >= 15 is 0 Å². The summed E-state index contributed by atoms with van der Waals surface area (Å²) in [6, 6.07) is 5.91. The molecule has 2 N–H and O–H groups in total. The molecule has 104 valence electrons. The molecule has 1 aromatic carbocycles. The summed E-state index contributed by atoms with van der Waals surface area (Å²) in [5.74, 6) is 0.625. The molecular formula is C16H23NO2. The maximum atomic E-state index is 11.1. The first-order valence-electron chi connectivity index (χ1n) is 7.06. The van der Waals surface area contributed by atoms with Crippen LogP contribution in [0.25, 0.3) is 0 Å². The normalized spacial score (nSPS) is 27.0. The molecule has 1 fully saturated rings. The molecule has 0 radical (unpaired) electrons. The van der Waals surface area contributed by atoms with E-state index in [1.54, 1.807) is 6.07 Å². The largest absolute Gasteiger partial charge is 0.478 e. The van der Waals surface area contributed by atoms with Crippen LogP contribution in [0.4, 0.5) is 5.69 Å². The molecule has 0 spiro atoms. The van der Waals surface area contributed by atoms with Gasteiger partial charge in [0.15, 0.2) is 0 Å². The number of hydrogen-bond donors (Lipinski definition) is 2. The lowest BCUT2D eigenvalue weighted by molar-refractivity contribution is 0.0696. The molecule has 1 aromatic rings. The van der Waals surface area contributed by atoms with Gasteiger partial charge in [0.2, 0.25) is 0 Å². The topological polar surface area (TPSA) is 49.3 Å². The zero-order chi connectivity index (χ0) is 14.0. The molecule has 1 aliphatic carbocycles. The van der Waals surface area contributed by atoms with Gasteiger partial charge < -0.3 is 10.4 Å². The number of nitrogens with one attached hydrogen (secondary N) is 1. The molecule has 19 heavy (non-hydrogen) atoms. The Morgan fingerprint density at radius 1 is 1.21 bits per heavy atom. The van der Waals surface area contributed by atoms with Crippen molar-refractivity contribution in [2.75, 3.05) is 5.32 Å². The quantitative estimate of drug-likeness (QED) is 0.866. The molecule has 3 heteroatoms. The van der Waals surface area contributed by atoms with Crippen molar-refractivity contribution in [3.8, 4) is 0 Å².